The van der Waals surface area contributed by atoms with Gasteiger partial charge in [-0.25, -0.2) is 0 Å². The largest absolute Gasteiger partial charge is 0.393 e. The predicted molar refractivity (Wildman–Crippen MR) is 123 cm³/mol. The lowest BCUT2D eigenvalue weighted by atomic mass is 9.62. The lowest BCUT2D eigenvalue weighted by Gasteiger charge is -2.42. The van der Waals surface area contributed by atoms with Gasteiger partial charge in [-0.2, -0.15) is 0 Å². The van der Waals surface area contributed by atoms with Gasteiger partial charge in [0, 0.05) is 0 Å². The molecule has 2 saturated carbocycles. The monoisotopic (exact) mass is 396 g/mol. The molecule has 2 N–H and O–H groups in total. The van der Waals surface area contributed by atoms with Gasteiger partial charge in [-0.15, -0.1) is 0 Å². The zero-order valence-corrected chi connectivity index (χ0v) is 18.9. The molecule has 4 atom stereocenters. The average molecular weight is 397 g/mol. The lowest BCUT2D eigenvalue weighted by Crippen LogP contribution is -2.32. The zero-order chi connectivity index (χ0) is 21.2. The number of aliphatic hydroxyl groups excluding tert-OH is 1. The highest BCUT2D eigenvalue weighted by molar-refractivity contribution is 5.38. The molecule has 3 aliphatic carbocycles. The Labute approximate surface area is 177 Å². The molecule has 0 heterocycles. The van der Waals surface area contributed by atoms with Crippen LogP contribution in [-0.2, 0) is 0 Å². The summed E-state index contributed by atoms with van der Waals surface area (Å²) < 4.78 is 0. The van der Waals surface area contributed by atoms with Crippen LogP contribution in [0.4, 0.5) is 0 Å². The highest BCUT2D eigenvalue weighted by Gasteiger charge is 2.45. The molecule has 0 bridgehead atoms. The standard InChI is InChI=1S/C27H40O2/c1-19-10-13-23(28)18-22(19)12-11-21-9-7-17-27(5)24(14-15-25(21)27)20(2)8-6-16-26(3,4)29/h6,11-12,14,16,20,23,25,28-29H,1,7-10,13,15,17-18H2,2-5H3/b16-6+,21-11+,22-12+/t20-,23+,25+,27-/m1/s1. The van der Waals surface area contributed by atoms with Gasteiger partial charge in [-0.3, -0.25) is 0 Å². The van der Waals surface area contributed by atoms with Crippen LogP contribution in [0.2, 0.25) is 0 Å². The normalized spacial score (nSPS) is 34.7. The van der Waals surface area contributed by atoms with Crippen LogP contribution in [0, 0.1) is 17.3 Å². The van der Waals surface area contributed by atoms with Crippen LogP contribution in [0.25, 0.3) is 0 Å². The quantitative estimate of drug-likeness (QED) is 0.526. The summed E-state index contributed by atoms with van der Waals surface area (Å²) in [5, 5.41) is 19.9. The van der Waals surface area contributed by atoms with Crippen LogP contribution >= 0.6 is 0 Å². The highest BCUT2D eigenvalue weighted by Crippen LogP contribution is 2.56. The third-order valence-corrected chi connectivity index (χ3v) is 7.35. The number of aliphatic hydroxyl groups is 2. The van der Waals surface area contributed by atoms with Crippen molar-refractivity contribution in [2.75, 3.05) is 0 Å². The molecule has 0 aromatic rings. The summed E-state index contributed by atoms with van der Waals surface area (Å²) in [6, 6.07) is 0. The second-order valence-electron chi connectivity index (χ2n) is 10.3. The summed E-state index contributed by atoms with van der Waals surface area (Å²) in [7, 11) is 0. The maximum absolute atomic E-state index is 10.0. The Balaban J connectivity index is 1.73. The zero-order valence-electron chi connectivity index (χ0n) is 18.9. The Bertz CT molecular complexity index is 743. The van der Waals surface area contributed by atoms with Crippen molar-refractivity contribution >= 4 is 0 Å². The molecule has 3 rings (SSSR count). The molecule has 0 saturated heterocycles. The van der Waals surface area contributed by atoms with Gasteiger partial charge in [0.1, 0.15) is 0 Å². The Morgan fingerprint density at radius 1 is 1.31 bits per heavy atom. The first-order chi connectivity index (χ1) is 13.6. The Morgan fingerprint density at radius 3 is 2.79 bits per heavy atom. The van der Waals surface area contributed by atoms with E-state index < -0.39 is 5.60 Å². The number of fused-ring (bicyclic) bond motifs is 1. The topological polar surface area (TPSA) is 40.5 Å². The van der Waals surface area contributed by atoms with Crippen LogP contribution in [0.3, 0.4) is 0 Å². The van der Waals surface area contributed by atoms with E-state index in [9.17, 15) is 10.2 Å². The number of allylic oxidation sites excluding steroid dienone is 7. The van der Waals surface area contributed by atoms with E-state index in [1.54, 1.807) is 11.1 Å². The maximum atomic E-state index is 10.0. The first-order valence-corrected chi connectivity index (χ1v) is 11.5. The smallest absolute Gasteiger partial charge is 0.0771 e. The molecule has 160 valence electrons. The maximum Gasteiger partial charge on any atom is 0.0771 e. The van der Waals surface area contributed by atoms with E-state index in [1.165, 1.54) is 30.4 Å². The summed E-state index contributed by atoms with van der Waals surface area (Å²) in [6.45, 7) is 12.7. The van der Waals surface area contributed by atoms with Crippen LogP contribution < -0.4 is 0 Å². The van der Waals surface area contributed by atoms with E-state index in [1.807, 2.05) is 19.9 Å². The van der Waals surface area contributed by atoms with Gasteiger partial charge in [0.2, 0.25) is 0 Å². The average Bonchev–Trinajstić information content (AvgIpc) is 2.99. The summed E-state index contributed by atoms with van der Waals surface area (Å²) in [4.78, 5) is 0. The van der Waals surface area contributed by atoms with Crippen molar-refractivity contribution in [1.82, 2.24) is 0 Å². The minimum atomic E-state index is -0.735. The van der Waals surface area contributed by atoms with Crippen molar-refractivity contribution in [3.05, 3.63) is 59.3 Å². The SMILES string of the molecule is C=C1CC[C@H](O)C/C1=C\C=C1/CCC[C@]2(C)C([C@H](C)C/C=C/C(C)(C)O)=CC[C@@H]12. The molecule has 3 aliphatic rings. The third kappa shape index (κ3) is 5.22. The van der Waals surface area contributed by atoms with Crippen LogP contribution in [0.1, 0.15) is 79.1 Å². The Kier molecular flexibility index (Phi) is 6.75. The fourth-order valence-corrected chi connectivity index (χ4v) is 5.70. The predicted octanol–water partition coefficient (Wildman–Crippen LogP) is 6.43. The number of hydrogen-bond acceptors (Lipinski definition) is 2. The number of rotatable bonds is 5. The Hall–Kier alpha value is -1.38. The third-order valence-electron chi connectivity index (χ3n) is 7.35. The highest BCUT2D eigenvalue weighted by atomic mass is 16.3. The minimum Gasteiger partial charge on any atom is -0.393 e. The second kappa shape index (κ2) is 8.78. The van der Waals surface area contributed by atoms with E-state index in [0.717, 1.165) is 32.1 Å². The summed E-state index contributed by atoms with van der Waals surface area (Å²) >= 11 is 0. The molecule has 0 radical (unpaired) electrons. The molecule has 0 aromatic heterocycles. The fraction of sp³-hybridized carbons (Fsp3) is 0.630. The van der Waals surface area contributed by atoms with Gasteiger partial charge >= 0.3 is 0 Å². The molecule has 0 spiro atoms. The molecule has 2 heteroatoms. The molecule has 2 fully saturated rings. The summed E-state index contributed by atoms with van der Waals surface area (Å²) in [6.07, 6.45) is 19.3. The minimum absolute atomic E-state index is 0.209. The van der Waals surface area contributed by atoms with Crippen molar-refractivity contribution in [3.8, 4) is 0 Å². The van der Waals surface area contributed by atoms with E-state index >= 15 is 0 Å². The Morgan fingerprint density at radius 2 is 2.07 bits per heavy atom. The number of hydrogen-bond donors (Lipinski definition) is 2. The molecule has 0 amide bonds. The van der Waals surface area contributed by atoms with Crippen LogP contribution in [-0.4, -0.2) is 21.9 Å². The first-order valence-electron chi connectivity index (χ1n) is 11.5. The van der Waals surface area contributed by atoms with Gasteiger partial charge in [-0.1, -0.05) is 67.5 Å². The van der Waals surface area contributed by atoms with Crippen LogP contribution in [0.15, 0.2) is 59.3 Å². The van der Waals surface area contributed by atoms with E-state index in [-0.39, 0.29) is 11.5 Å². The molecule has 2 nitrogen and oxygen atoms in total. The molecule has 29 heavy (non-hydrogen) atoms. The van der Waals surface area contributed by atoms with Gasteiger partial charge in [0.05, 0.1) is 11.7 Å². The molecular formula is C27H40O2. The van der Waals surface area contributed by atoms with Crippen molar-refractivity contribution in [2.45, 2.75) is 90.8 Å². The van der Waals surface area contributed by atoms with Crippen molar-refractivity contribution in [1.29, 1.82) is 0 Å². The summed E-state index contributed by atoms with van der Waals surface area (Å²) in [5.74, 6) is 1.11. The lowest BCUT2D eigenvalue weighted by molar-refractivity contribution is 0.132. The van der Waals surface area contributed by atoms with Gasteiger partial charge < -0.3 is 10.2 Å². The molecular weight excluding hydrogens is 356 g/mol. The molecule has 0 aliphatic heterocycles. The van der Waals surface area contributed by atoms with Gasteiger partial charge in [-0.05, 0) is 88.0 Å². The van der Waals surface area contributed by atoms with Crippen molar-refractivity contribution in [2.24, 2.45) is 17.3 Å². The van der Waals surface area contributed by atoms with E-state index in [2.05, 4.69) is 44.7 Å². The van der Waals surface area contributed by atoms with Gasteiger partial charge in [0.25, 0.3) is 0 Å². The van der Waals surface area contributed by atoms with E-state index in [4.69, 9.17) is 0 Å². The second-order valence-corrected chi connectivity index (χ2v) is 10.3. The fourth-order valence-electron chi connectivity index (χ4n) is 5.70. The summed E-state index contributed by atoms with van der Waals surface area (Å²) in [5.41, 5.74) is 5.14. The van der Waals surface area contributed by atoms with E-state index in [0.29, 0.717) is 11.8 Å². The molecule has 0 aromatic carbocycles. The first kappa shape index (κ1) is 22.3. The van der Waals surface area contributed by atoms with Crippen molar-refractivity contribution < 1.29 is 10.2 Å². The molecule has 0 unspecified atom stereocenters. The van der Waals surface area contributed by atoms with Gasteiger partial charge in [0.15, 0.2) is 0 Å². The van der Waals surface area contributed by atoms with Crippen molar-refractivity contribution in [3.63, 3.8) is 0 Å². The van der Waals surface area contributed by atoms with Crippen LogP contribution in [0.5, 0.6) is 0 Å².